The largest absolute Gasteiger partial charge is 0.370 e. The van der Waals surface area contributed by atoms with Crippen LogP contribution in [-0.4, -0.2) is 30.6 Å². The molecule has 1 amide bonds. The summed E-state index contributed by atoms with van der Waals surface area (Å²) in [5.41, 5.74) is 6.67. The first kappa shape index (κ1) is 13.7. The molecule has 1 unspecified atom stereocenters. The van der Waals surface area contributed by atoms with Gasteiger partial charge in [0.1, 0.15) is 6.10 Å². The highest BCUT2D eigenvalue weighted by Crippen LogP contribution is 2.26. The number of anilines is 1. The molecule has 0 fully saturated rings. The molecule has 0 aliphatic heterocycles. The maximum absolute atomic E-state index is 11.9. The van der Waals surface area contributed by atoms with Crippen LogP contribution in [0.4, 0.5) is 5.69 Å². The number of hydrogen-bond acceptors (Lipinski definition) is 4. The summed E-state index contributed by atoms with van der Waals surface area (Å²) >= 11 is 6.02. The van der Waals surface area contributed by atoms with Crippen LogP contribution in [0.25, 0.3) is 10.9 Å². The van der Waals surface area contributed by atoms with E-state index in [0.717, 1.165) is 5.39 Å². The Morgan fingerprint density at radius 3 is 3.05 bits per heavy atom. The van der Waals surface area contributed by atoms with Crippen LogP contribution < -0.4 is 11.1 Å². The van der Waals surface area contributed by atoms with Crippen molar-refractivity contribution in [3.05, 3.63) is 35.5 Å². The molecule has 0 saturated heterocycles. The van der Waals surface area contributed by atoms with Crippen LogP contribution in [0.2, 0.25) is 5.02 Å². The number of pyridine rings is 1. The molecule has 1 aromatic carbocycles. The molecule has 1 atom stereocenters. The second-order valence-electron chi connectivity index (χ2n) is 3.98. The van der Waals surface area contributed by atoms with E-state index in [1.54, 1.807) is 18.3 Å². The van der Waals surface area contributed by atoms with E-state index in [9.17, 15) is 4.79 Å². The lowest BCUT2D eigenvalue weighted by molar-refractivity contribution is -0.125. The van der Waals surface area contributed by atoms with E-state index in [-0.39, 0.29) is 12.5 Å². The number of hydrogen-bond donors (Lipinski definition) is 2. The summed E-state index contributed by atoms with van der Waals surface area (Å²) in [5.74, 6) is -0.320. The van der Waals surface area contributed by atoms with Gasteiger partial charge in [0.15, 0.2) is 0 Å². The minimum absolute atomic E-state index is 0.105. The quantitative estimate of drug-likeness (QED) is 0.895. The number of benzene rings is 1. The molecule has 1 heterocycles. The van der Waals surface area contributed by atoms with Gasteiger partial charge in [-0.05, 0) is 18.2 Å². The fourth-order valence-electron chi connectivity index (χ4n) is 1.77. The van der Waals surface area contributed by atoms with Gasteiger partial charge in [-0.2, -0.15) is 0 Å². The van der Waals surface area contributed by atoms with E-state index in [0.29, 0.717) is 16.2 Å². The fourth-order valence-corrected chi connectivity index (χ4v) is 2.00. The van der Waals surface area contributed by atoms with Crippen LogP contribution in [0.5, 0.6) is 0 Å². The number of carbonyl (C=O) groups excluding carboxylic acids is 1. The zero-order chi connectivity index (χ0) is 13.8. The highest BCUT2D eigenvalue weighted by molar-refractivity contribution is 6.32. The molecular formula is C13H14ClN3O2. The predicted molar refractivity (Wildman–Crippen MR) is 75.2 cm³/mol. The van der Waals surface area contributed by atoms with Gasteiger partial charge in [-0.1, -0.05) is 17.7 Å². The number of halogens is 1. The molecule has 0 aliphatic rings. The molecule has 19 heavy (non-hydrogen) atoms. The lowest BCUT2D eigenvalue weighted by Gasteiger charge is -2.14. The van der Waals surface area contributed by atoms with Gasteiger partial charge in [0.25, 0.3) is 5.91 Å². The molecule has 5 nitrogen and oxygen atoms in total. The third-order valence-electron chi connectivity index (χ3n) is 2.72. The first-order valence-electron chi connectivity index (χ1n) is 5.73. The van der Waals surface area contributed by atoms with E-state index in [2.05, 4.69) is 10.3 Å². The van der Waals surface area contributed by atoms with Crippen molar-refractivity contribution in [1.82, 2.24) is 4.98 Å². The fraction of sp³-hybridized carbons (Fsp3) is 0.231. The number of ether oxygens (including phenoxy) is 1. The van der Waals surface area contributed by atoms with Crippen molar-refractivity contribution in [2.24, 2.45) is 5.73 Å². The van der Waals surface area contributed by atoms with Crippen LogP contribution in [0.15, 0.2) is 30.5 Å². The molecule has 0 bridgehead atoms. The highest BCUT2D eigenvalue weighted by atomic mass is 35.5. The summed E-state index contributed by atoms with van der Waals surface area (Å²) in [4.78, 5) is 16.2. The van der Waals surface area contributed by atoms with Crippen LogP contribution in [0.3, 0.4) is 0 Å². The van der Waals surface area contributed by atoms with Gasteiger partial charge in [0, 0.05) is 30.3 Å². The van der Waals surface area contributed by atoms with E-state index in [1.165, 1.54) is 7.11 Å². The zero-order valence-electron chi connectivity index (χ0n) is 10.4. The third-order valence-corrected chi connectivity index (χ3v) is 2.94. The van der Waals surface area contributed by atoms with Crippen molar-refractivity contribution in [2.45, 2.75) is 6.10 Å². The zero-order valence-corrected chi connectivity index (χ0v) is 11.1. The average Bonchev–Trinajstić information content (AvgIpc) is 2.40. The minimum atomic E-state index is -0.697. The highest BCUT2D eigenvalue weighted by Gasteiger charge is 2.17. The molecule has 2 rings (SSSR count). The van der Waals surface area contributed by atoms with Gasteiger partial charge < -0.3 is 15.8 Å². The monoisotopic (exact) mass is 279 g/mol. The van der Waals surface area contributed by atoms with E-state index < -0.39 is 6.10 Å². The van der Waals surface area contributed by atoms with Crippen molar-refractivity contribution in [3.63, 3.8) is 0 Å². The Hall–Kier alpha value is -1.69. The van der Waals surface area contributed by atoms with Crippen LogP contribution in [-0.2, 0) is 9.53 Å². The van der Waals surface area contributed by atoms with Crippen LogP contribution >= 0.6 is 11.6 Å². The number of amides is 1. The van der Waals surface area contributed by atoms with Crippen molar-refractivity contribution < 1.29 is 9.53 Å². The van der Waals surface area contributed by atoms with Gasteiger partial charge in [-0.3, -0.25) is 9.78 Å². The number of nitrogens with one attached hydrogen (secondary N) is 1. The number of fused-ring (bicyclic) bond motifs is 1. The maximum atomic E-state index is 11.9. The average molecular weight is 280 g/mol. The van der Waals surface area contributed by atoms with Gasteiger partial charge in [-0.15, -0.1) is 0 Å². The molecule has 0 aliphatic carbocycles. The maximum Gasteiger partial charge on any atom is 0.254 e. The summed E-state index contributed by atoms with van der Waals surface area (Å²) in [5, 5.41) is 4.12. The lowest BCUT2D eigenvalue weighted by Crippen LogP contribution is -2.36. The Labute approximate surface area is 115 Å². The second-order valence-corrected chi connectivity index (χ2v) is 4.41. The molecular weight excluding hydrogens is 266 g/mol. The second kappa shape index (κ2) is 5.97. The van der Waals surface area contributed by atoms with Crippen LogP contribution in [0, 0.1) is 0 Å². The van der Waals surface area contributed by atoms with Crippen molar-refractivity contribution in [2.75, 3.05) is 19.0 Å². The van der Waals surface area contributed by atoms with Crippen molar-refractivity contribution in [3.8, 4) is 0 Å². The molecule has 0 saturated carbocycles. The van der Waals surface area contributed by atoms with Crippen molar-refractivity contribution in [1.29, 1.82) is 0 Å². The summed E-state index contributed by atoms with van der Waals surface area (Å²) in [6.45, 7) is 0.105. The van der Waals surface area contributed by atoms with Crippen LogP contribution in [0.1, 0.15) is 0 Å². The molecule has 1 aromatic heterocycles. The Bertz CT molecular complexity index is 599. The Morgan fingerprint density at radius 2 is 2.37 bits per heavy atom. The van der Waals surface area contributed by atoms with E-state index in [4.69, 9.17) is 22.1 Å². The Morgan fingerprint density at radius 1 is 1.58 bits per heavy atom. The topological polar surface area (TPSA) is 77.2 Å². The summed E-state index contributed by atoms with van der Waals surface area (Å²) in [6.07, 6.45) is 0.959. The van der Waals surface area contributed by atoms with Gasteiger partial charge >= 0.3 is 0 Å². The van der Waals surface area contributed by atoms with Gasteiger partial charge in [-0.25, -0.2) is 0 Å². The molecule has 6 heteroatoms. The third kappa shape index (κ3) is 3.01. The summed E-state index contributed by atoms with van der Waals surface area (Å²) < 4.78 is 4.99. The number of methoxy groups -OCH3 is 1. The minimum Gasteiger partial charge on any atom is -0.370 e. The van der Waals surface area contributed by atoms with Gasteiger partial charge in [0.2, 0.25) is 0 Å². The number of nitrogens with two attached hydrogens (primary N) is 1. The number of rotatable bonds is 4. The molecule has 0 spiro atoms. The molecule has 100 valence electrons. The lowest BCUT2D eigenvalue weighted by atomic mass is 10.2. The molecule has 3 N–H and O–H groups in total. The van der Waals surface area contributed by atoms with Gasteiger partial charge in [0.05, 0.1) is 11.2 Å². The SMILES string of the molecule is COC(CN)C(=O)Nc1cc(Cl)cc2cccnc12. The number of carbonyl (C=O) groups is 1. The normalized spacial score (nSPS) is 12.4. The first-order valence-corrected chi connectivity index (χ1v) is 6.11. The molecule has 2 aromatic rings. The summed E-state index contributed by atoms with van der Waals surface area (Å²) in [7, 11) is 1.44. The first-order chi connectivity index (χ1) is 9.15. The van der Waals surface area contributed by atoms with Crippen molar-refractivity contribution >= 4 is 34.1 Å². The van der Waals surface area contributed by atoms with E-state index in [1.807, 2.05) is 12.1 Å². The Balaban J connectivity index is 2.37. The number of aromatic nitrogens is 1. The smallest absolute Gasteiger partial charge is 0.254 e. The van der Waals surface area contributed by atoms with E-state index >= 15 is 0 Å². The summed E-state index contributed by atoms with van der Waals surface area (Å²) in [6, 6.07) is 7.12. The Kier molecular flexibility index (Phi) is 4.31. The standard InChI is InChI=1S/C13H14ClN3O2/c1-19-11(7-15)13(18)17-10-6-9(14)5-8-3-2-4-16-12(8)10/h2-6,11H,7,15H2,1H3,(H,17,18). The number of nitrogens with zero attached hydrogens (tertiary/aromatic N) is 1. The molecule has 0 radical (unpaired) electrons. The predicted octanol–water partition coefficient (Wildman–Crippen LogP) is 1.80.